The maximum Gasteiger partial charge on any atom is 0.139 e. The summed E-state index contributed by atoms with van der Waals surface area (Å²) < 4.78 is 2.05. The normalized spacial score (nSPS) is 15.8. The average Bonchev–Trinajstić information content (AvgIpc) is 2.94. The van der Waals surface area contributed by atoms with Gasteiger partial charge in [-0.2, -0.15) is 0 Å². The fraction of sp³-hybridized carbons (Fsp3) is 0.316. The molecular formula is C19H19Cl2N3. The first-order valence-corrected chi connectivity index (χ1v) is 9.16. The number of hydrogen-bond acceptors (Lipinski definition) is 2. The number of benzene rings is 1. The maximum atomic E-state index is 6.22. The molecule has 0 amide bonds. The highest BCUT2D eigenvalue weighted by Crippen LogP contribution is 2.33. The molecule has 0 aliphatic heterocycles. The lowest BCUT2D eigenvalue weighted by molar-refractivity contribution is 0.462. The van der Waals surface area contributed by atoms with E-state index in [4.69, 9.17) is 28.2 Å². The van der Waals surface area contributed by atoms with Gasteiger partial charge >= 0.3 is 0 Å². The fourth-order valence-electron chi connectivity index (χ4n) is 3.43. The Morgan fingerprint density at radius 1 is 1.00 bits per heavy atom. The van der Waals surface area contributed by atoms with Gasteiger partial charge in [0, 0.05) is 22.8 Å². The molecule has 0 unspecified atom stereocenters. The van der Waals surface area contributed by atoms with Crippen LogP contribution in [-0.2, 0) is 0 Å². The summed E-state index contributed by atoms with van der Waals surface area (Å²) in [6, 6.07) is 12.1. The molecule has 1 saturated carbocycles. The molecule has 0 saturated heterocycles. The van der Waals surface area contributed by atoms with Crippen molar-refractivity contribution in [2.45, 2.75) is 38.1 Å². The van der Waals surface area contributed by atoms with E-state index in [-0.39, 0.29) is 0 Å². The van der Waals surface area contributed by atoms with E-state index in [1.54, 1.807) is 0 Å². The zero-order valence-electron chi connectivity index (χ0n) is 13.3. The number of halogens is 2. The molecule has 0 bridgehead atoms. The number of anilines is 1. The average molecular weight is 360 g/mol. The first-order valence-electron chi connectivity index (χ1n) is 8.41. The van der Waals surface area contributed by atoms with Crippen molar-refractivity contribution in [1.82, 2.24) is 9.38 Å². The topological polar surface area (TPSA) is 29.3 Å². The van der Waals surface area contributed by atoms with E-state index < -0.39 is 0 Å². The SMILES string of the molecule is Clc1cccc(-c2nc3ccc(Cl)cn3c2NC2CCCCC2)c1. The maximum absolute atomic E-state index is 6.22. The van der Waals surface area contributed by atoms with E-state index in [9.17, 15) is 0 Å². The molecule has 3 aromatic rings. The monoisotopic (exact) mass is 359 g/mol. The molecule has 0 atom stereocenters. The molecule has 0 radical (unpaired) electrons. The van der Waals surface area contributed by atoms with Crippen LogP contribution in [0.15, 0.2) is 42.6 Å². The predicted octanol–water partition coefficient (Wildman–Crippen LogP) is 6.05. The van der Waals surface area contributed by atoms with Crippen molar-refractivity contribution in [3.8, 4) is 11.3 Å². The Balaban J connectivity index is 1.83. The highest BCUT2D eigenvalue weighted by atomic mass is 35.5. The van der Waals surface area contributed by atoms with Gasteiger partial charge in [0.05, 0.1) is 5.02 Å². The molecule has 1 fully saturated rings. The predicted molar refractivity (Wildman–Crippen MR) is 101 cm³/mol. The molecule has 2 aromatic heterocycles. The molecule has 2 heterocycles. The number of rotatable bonds is 3. The van der Waals surface area contributed by atoms with Gasteiger partial charge in [0.1, 0.15) is 17.2 Å². The lowest BCUT2D eigenvalue weighted by atomic mass is 9.95. The molecule has 124 valence electrons. The van der Waals surface area contributed by atoms with Crippen molar-refractivity contribution < 1.29 is 0 Å². The van der Waals surface area contributed by atoms with E-state index in [0.29, 0.717) is 16.1 Å². The van der Waals surface area contributed by atoms with Crippen LogP contribution >= 0.6 is 23.2 Å². The fourth-order valence-corrected chi connectivity index (χ4v) is 3.78. The summed E-state index contributed by atoms with van der Waals surface area (Å²) in [6.07, 6.45) is 8.20. The first-order chi connectivity index (χ1) is 11.7. The van der Waals surface area contributed by atoms with E-state index in [2.05, 4.69) is 5.32 Å². The second kappa shape index (κ2) is 6.66. The van der Waals surface area contributed by atoms with Crippen molar-refractivity contribution in [2.24, 2.45) is 0 Å². The Bertz CT molecular complexity index is 866. The summed E-state index contributed by atoms with van der Waals surface area (Å²) in [5.41, 5.74) is 2.82. The summed E-state index contributed by atoms with van der Waals surface area (Å²) >= 11 is 12.4. The number of pyridine rings is 1. The molecule has 1 aliphatic rings. The van der Waals surface area contributed by atoms with Crippen molar-refractivity contribution >= 4 is 34.7 Å². The number of fused-ring (bicyclic) bond motifs is 1. The highest BCUT2D eigenvalue weighted by molar-refractivity contribution is 6.31. The second-order valence-corrected chi connectivity index (χ2v) is 7.25. The first kappa shape index (κ1) is 15.8. The standard InChI is InChI=1S/C19H19Cl2N3/c20-14-6-4-5-13(11-14)18-19(22-16-7-2-1-3-8-16)24-12-15(21)9-10-17(24)23-18/h4-6,9-12,16,22H,1-3,7-8H2. The van der Waals surface area contributed by atoms with Crippen LogP contribution in [0.5, 0.6) is 0 Å². The molecule has 5 heteroatoms. The van der Waals surface area contributed by atoms with Crippen LogP contribution in [0, 0.1) is 0 Å². The van der Waals surface area contributed by atoms with Crippen molar-refractivity contribution in [2.75, 3.05) is 5.32 Å². The number of aromatic nitrogens is 2. The van der Waals surface area contributed by atoms with E-state index in [1.165, 1.54) is 32.1 Å². The van der Waals surface area contributed by atoms with Crippen molar-refractivity contribution in [3.05, 3.63) is 52.6 Å². The minimum absolute atomic E-state index is 0.482. The lowest BCUT2D eigenvalue weighted by Crippen LogP contribution is -2.23. The van der Waals surface area contributed by atoms with Gasteiger partial charge in [-0.25, -0.2) is 4.98 Å². The van der Waals surface area contributed by atoms with Crippen molar-refractivity contribution in [3.63, 3.8) is 0 Å². The second-order valence-electron chi connectivity index (χ2n) is 6.37. The summed E-state index contributed by atoms with van der Waals surface area (Å²) in [5.74, 6) is 1.00. The summed E-state index contributed by atoms with van der Waals surface area (Å²) in [6.45, 7) is 0. The molecule has 1 N–H and O–H groups in total. The Labute approximate surface area is 151 Å². The van der Waals surface area contributed by atoms with Gasteiger partial charge in [-0.3, -0.25) is 4.40 Å². The number of imidazole rings is 1. The van der Waals surface area contributed by atoms with Gasteiger partial charge in [0.15, 0.2) is 0 Å². The summed E-state index contributed by atoms with van der Waals surface area (Å²) in [7, 11) is 0. The van der Waals surface area contributed by atoms with Gasteiger partial charge in [0.25, 0.3) is 0 Å². The Morgan fingerprint density at radius 2 is 1.83 bits per heavy atom. The molecular weight excluding hydrogens is 341 g/mol. The van der Waals surface area contributed by atoms with E-state index in [1.807, 2.05) is 47.0 Å². The number of nitrogens with zero attached hydrogens (tertiary/aromatic N) is 2. The number of hydrogen-bond donors (Lipinski definition) is 1. The third kappa shape index (κ3) is 3.11. The molecule has 1 aromatic carbocycles. The minimum atomic E-state index is 0.482. The van der Waals surface area contributed by atoms with Crippen LogP contribution in [0.25, 0.3) is 16.9 Å². The van der Waals surface area contributed by atoms with Crippen LogP contribution < -0.4 is 5.32 Å². The smallest absolute Gasteiger partial charge is 0.139 e. The van der Waals surface area contributed by atoms with E-state index in [0.717, 1.165) is 22.7 Å². The molecule has 4 rings (SSSR count). The third-order valence-corrected chi connectivity index (χ3v) is 5.09. The van der Waals surface area contributed by atoms with Gasteiger partial charge in [0.2, 0.25) is 0 Å². The Morgan fingerprint density at radius 3 is 2.62 bits per heavy atom. The summed E-state index contributed by atoms with van der Waals surface area (Å²) in [4.78, 5) is 4.81. The quantitative estimate of drug-likeness (QED) is 0.616. The largest absolute Gasteiger partial charge is 0.367 e. The molecule has 1 aliphatic carbocycles. The third-order valence-electron chi connectivity index (χ3n) is 4.63. The van der Waals surface area contributed by atoms with Crippen molar-refractivity contribution in [1.29, 1.82) is 0 Å². The van der Waals surface area contributed by atoms with Crippen LogP contribution in [0.1, 0.15) is 32.1 Å². The van der Waals surface area contributed by atoms with Gasteiger partial charge < -0.3 is 5.32 Å². The number of nitrogens with one attached hydrogen (secondary N) is 1. The van der Waals surface area contributed by atoms with Crippen LogP contribution in [0.2, 0.25) is 10.0 Å². The van der Waals surface area contributed by atoms with Crippen LogP contribution in [0.3, 0.4) is 0 Å². The molecule has 24 heavy (non-hydrogen) atoms. The zero-order chi connectivity index (χ0) is 16.5. The van der Waals surface area contributed by atoms with Crippen LogP contribution in [-0.4, -0.2) is 15.4 Å². The van der Waals surface area contributed by atoms with Gasteiger partial charge in [-0.15, -0.1) is 0 Å². The Kier molecular flexibility index (Phi) is 4.38. The van der Waals surface area contributed by atoms with E-state index >= 15 is 0 Å². The summed E-state index contributed by atoms with van der Waals surface area (Å²) in [5, 5.41) is 5.13. The molecule has 3 nitrogen and oxygen atoms in total. The highest BCUT2D eigenvalue weighted by Gasteiger charge is 2.19. The van der Waals surface area contributed by atoms with Crippen LogP contribution in [0.4, 0.5) is 5.82 Å². The van der Waals surface area contributed by atoms with Gasteiger partial charge in [-0.1, -0.05) is 54.6 Å². The Hall–Kier alpha value is -1.71. The minimum Gasteiger partial charge on any atom is -0.367 e. The molecule has 0 spiro atoms. The zero-order valence-corrected chi connectivity index (χ0v) is 14.8. The lowest BCUT2D eigenvalue weighted by Gasteiger charge is -2.24. The van der Waals surface area contributed by atoms with Gasteiger partial charge in [-0.05, 0) is 37.1 Å².